The van der Waals surface area contributed by atoms with Crippen LogP contribution in [-0.4, -0.2) is 31.7 Å². The topological polar surface area (TPSA) is 79.7 Å². The second-order valence-electron chi connectivity index (χ2n) is 9.67. The molecule has 1 atom stereocenters. The Bertz CT molecular complexity index is 1380. The number of aromatic nitrogens is 5. The highest BCUT2D eigenvalue weighted by Crippen LogP contribution is 2.38. The molecule has 32 heavy (non-hydrogen) atoms. The van der Waals surface area contributed by atoms with Crippen molar-refractivity contribution in [2.45, 2.75) is 52.6 Å². The molecule has 164 valence electrons. The van der Waals surface area contributed by atoms with Gasteiger partial charge in [0.05, 0.1) is 5.54 Å². The van der Waals surface area contributed by atoms with E-state index in [9.17, 15) is 4.79 Å². The quantitative estimate of drug-likeness (QED) is 0.533. The van der Waals surface area contributed by atoms with Crippen LogP contribution in [0.15, 0.2) is 47.3 Å². The molecule has 0 bridgehead atoms. The highest BCUT2D eigenvalue weighted by atomic mass is 16.1. The monoisotopic (exact) mass is 428 g/mol. The number of benzene rings is 2. The summed E-state index contributed by atoms with van der Waals surface area (Å²) in [5.74, 6) is 0.669. The molecule has 0 aliphatic carbocycles. The molecule has 0 radical (unpaired) electrons. The molecule has 0 spiro atoms. The molecule has 0 fully saturated rings. The first-order valence-electron chi connectivity index (χ1n) is 11.0. The summed E-state index contributed by atoms with van der Waals surface area (Å²) in [7, 11) is 0. The van der Waals surface area contributed by atoms with E-state index in [2.05, 4.69) is 84.3 Å². The van der Waals surface area contributed by atoms with Gasteiger partial charge in [-0.25, -0.2) is 4.68 Å². The van der Waals surface area contributed by atoms with E-state index in [0.717, 1.165) is 35.1 Å². The van der Waals surface area contributed by atoms with E-state index in [-0.39, 0.29) is 11.1 Å². The zero-order valence-corrected chi connectivity index (χ0v) is 19.2. The summed E-state index contributed by atoms with van der Waals surface area (Å²) in [6.07, 6.45) is 0.924. The summed E-state index contributed by atoms with van der Waals surface area (Å²) in [6, 6.07) is 14.1. The van der Waals surface area contributed by atoms with E-state index in [1.165, 1.54) is 11.1 Å². The summed E-state index contributed by atoms with van der Waals surface area (Å²) >= 11 is 0. The molecular weight excluding hydrogens is 400 g/mol. The number of hydrogen-bond donors (Lipinski definition) is 1. The molecule has 0 saturated carbocycles. The third-order valence-corrected chi connectivity index (χ3v) is 6.39. The Morgan fingerprint density at radius 2 is 1.81 bits per heavy atom. The SMILES string of the molecule is Cc1cc2cc([C@@H](c3nnnn3C(C)(C)C)N3CCc4ccccc43)c(=O)[nH]c2cc1C. The molecule has 0 unspecified atom stereocenters. The number of hydrogen-bond acceptors (Lipinski definition) is 5. The summed E-state index contributed by atoms with van der Waals surface area (Å²) in [5.41, 5.74) is 5.81. The molecule has 1 aliphatic heterocycles. The van der Waals surface area contributed by atoms with Crippen molar-refractivity contribution in [3.63, 3.8) is 0 Å². The van der Waals surface area contributed by atoms with Crippen LogP contribution in [0.25, 0.3) is 10.9 Å². The number of rotatable bonds is 3. The van der Waals surface area contributed by atoms with Crippen LogP contribution in [0, 0.1) is 13.8 Å². The van der Waals surface area contributed by atoms with Crippen molar-refractivity contribution in [3.8, 4) is 0 Å². The van der Waals surface area contributed by atoms with Crippen LogP contribution in [0.1, 0.15) is 54.9 Å². The Labute approximate surface area is 187 Å². The maximum absolute atomic E-state index is 13.4. The molecule has 5 rings (SSSR count). The standard InChI is InChI=1S/C25H28N6O/c1-15-12-18-14-19(24(32)26-20(18)13-16(15)2)22(23-27-28-29-31(23)25(3,4)5)30-11-10-17-8-6-7-9-21(17)30/h6-9,12-14,22H,10-11H2,1-5H3,(H,26,32)/t22-/m0/s1. The number of fused-ring (bicyclic) bond motifs is 2. The zero-order chi connectivity index (χ0) is 22.6. The minimum absolute atomic E-state index is 0.112. The first-order valence-corrected chi connectivity index (χ1v) is 11.0. The predicted octanol–water partition coefficient (Wildman–Crippen LogP) is 4.04. The van der Waals surface area contributed by atoms with Crippen molar-refractivity contribution in [3.05, 3.63) is 80.9 Å². The lowest BCUT2D eigenvalue weighted by Crippen LogP contribution is -2.37. The van der Waals surface area contributed by atoms with E-state index in [1.54, 1.807) is 0 Å². The van der Waals surface area contributed by atoms with Crippen LogP contribution >= 0.6 is 0 Å². The fourth-order valence-electron chi connectivity index (χ4n) is 4.62. The molecule has 3 heterocycles. The van der Waals surface area contributed by atoms with Gasteiger partial charge in [0.15, 0.2) is 5.82 Å². The smallest absolute Gasteiger partial charge is 0.254 e. The minimum Gasteiger partial charge on any atom is -0.357 e. The zero-order valence-electron chi connectivity index (χ0n) is 19.2. The molecule has 2 aromatic carbocycles. The number of para-hydroxylation sites is 1. The predicted molar refractivity (Wildman–Crippen MR) is 126 cm³/mol. The van der Waals surface area contributed by atoms with Crippen LogP contribution in [0.2, 0.25) is 0 Å². The minimum atomic E-state index is -0.400. The highest BCUT2D eigenvalue weighted by Gasteiger charge is 2.36. The van der Waals surface area contributed by atoms with Gasteiger partial charge in [-0.1, -0.05) is 18.2 Å². The molecule has 1 N–H and O–H groups in total. The number of nitrogens with one attached hydrogen (secondary N) is 1. The van der Waals surface area contributed by atoms with Gasteiger partial charge in [0, 0.05) is 23.3 Å². The average Bonchev–Trinajstić information content (AvgIpc) is 3.38. The van der Waals surface area contributed by atoms with Crippen molar-refractivity contribution in [2.24, 2.45) is 0 Å². The molecule has 2 aromatic heterocycles. The van der Waals surface area contributed by atoms with Gasteiger partial charge in [0.2, 0.25) is 0 Å². The van der Waals surface area contributed by atoms with E-state index >= 15 is 0 Å². The van der Waals surface area contributed by atoms with E-state index in [1.807, 2.05) is 22.9 Å². The third-order valence-electron chi connectivity index (χ3n) is 6.39. The van der Waals surface area contributed by atoms with E-state index in [0.29, 0.717) is 11.4 Å². The number of anilines is 1. The van der Waals surface area contributed by atoms with Gasteiger partial charge in [0.25, 0.3) is 5.56 Å². The first kappa shape index (κ1) is 20.4. The van der Waals surface area contributed by atoms with Gasteiger partial charge in [-0.3, -0.25) is 4.79 Å². The van der Waals surface area contributed by atoms with Gasteiger partial charge >= 0.3 is 0 Å². The summed E-state index contributed by atoms with van der Waals surface area (Å²) < 4.78 is 1.84. The lowest BCUT2D eigenvalue weighted by molar-refractivity contribution is 0.329. The third kappa shape index (κ3) is 3.28. The Kier molecular flexibility index (Phi) is 4.65. The van der Waals surface area contributed by atoms with Crippen LogP contribution < -0.4 is 10.5 Å². The lowest BCUT2D eigenvalue weighted by Gasteiger charge is -2.31. The van der Waals surface area contributed by atoms with E-state index in [4.69, 9.17) is 0 Å². The summed E-state index contributed by atoms with van der Waals surface area (Å²) in [6.45, 7) is 11.2. The summed E-state index contributed by atoms with van der Waals surface area (Å²) in [5, 5.41) is 13.7. The number of aryl methyl sites for hydroxylation is 2. The van der Waals surface area contributed by atoms with Crippen LogP contribution in [-0.2, 0) is 12.0 Å². The molecular formula is C25H28N6O. The number of aromatic amines is 1. The maximum atomic E-state index is 13.4. The lowest BCUT2D eigenvalue weighted by atomic mass is 10.00. The van der Waals surface area contributed by atoms with Crippen molar-refractivity contribution in [1.82, 2.24) is 25.2 Å². The van der Waals surface area contributed by atoms with Crippen molar-refractivity contribution >= 4 is 16.6 Å². The second-order valence-corrected chi connectivity index (χ2v) is 9.67. The Hall–Kier alpha value is -3.48. The van der Waals surface area contributed by atoms with Crippen molar-refractivity contribution in [1.29, 1.82) is 0 Å². The Balaban J connectivity index is 1.77. The van der Waals surface area contributed by atoms with Gasteiger partial charge in [0.1, 0.15) is 6.04 Å². The maximum Gasteiger partial charge on any atom is 0.254 e. The van der Waals surface area contributed by atoms with Crippen molar-refractivity contribution < 1.29 is 0 Å². The Morgan fingerprint density at radius 1 is 1.06 bits per heavy atom. The molecule has 7 heteroatoms. The number of tetrazole rings is 1. The van der Waals surface area contributed by atoms with Crippen LogP contribution in [0.5, 0.6) is 0 Å². The number of pyridine rings is 1. The number of H-pyrrole nitrogens is 1. The van der Waals surface area contributed by atoms with E-state index < -0.39 is 6.04 Å². The molecule has 7 nitrogen and oxygen atoms in total. The Morgan fingerprint density at radius 3 is 2.59 bits per heavy atom. The largest absolute Gasteiger partial charge is 0.357 e. The molecule has 0 amide bonds. The van der Waals surface area contributed by atoms with Gasteiger partial charge in [-0.15, -0.1) is 5.10 Å². The fraction of sp³-hybridized carbons (Fsp3) is 0.360. The van der Waals surface area contributed by atoms with Gasteiger partial charge in [-0.05, 0) is 97.8 Å². The van der Waals surface area contributed by atoms with Crippen LogP contribution in [0.4, 0.5) is 5.69 Å². The molecule has 0 saturated heterocycles. The fourth-order valence-corrected chi connectivity index (χ4v) is 4.62. The normalized spacial score (nSPS) is 14.7. The summed E-state index contributed by atoms with van der Waals surface area (Å²) in [4.78, 5) is 18.8. The van der Waals surface area contributed by atoms with Gasteiger partial charge in [-0.2, -0.15) is 0 Å². The average molecular weight is 429 g/mol. The van der Waals surface area contributed by atoms with Gasteiger partial charge < -0.3 is 9.88 Å². The first-order chi connectivity index (χ1) is 15.2. The van der Waals surface area contributed by atoms with Crippen molar-refractivity contribution in [2.75, 3.05) is 11.4 Å². The molecule has 4 aromatic rings. The number of nitrogens with zero attached hydrogens (tertiary/aromatic N) is 5. The molecule has 1 aliphatic rings. The second kappa shape index (κ2) is 7.29. The highest BCUT2D eigenvalue weighted by molar-refractivity contribution is 5.81. The van der Waals surface area contributed by atoms with Crippen LogP contribution in [0.3, 0.4) is 0 Å².